The highest BCUT2D eigenvalue weighted by atomic mass is 19.4. The highest BCUT2D eigenvalue weighted by Crippen LogP contribution is 2.33. The maximum absolute atomic E-state index is 13.1. The molecule has 19 heavy (non-hydrogen) atoms. The van der Waals surface area contributed by atoms with Crippen LogP contribution in [0.2, 0.25) is 0 Å². The molecule has 0 radical (unpaired) electrons. The monoisotopic (exact) mass is 273 g/mol. The van der Waals surface area contributed by atoms with Gasteiger partial charge >= 0.3 is 6.18 Å². The van der Waals surface area contributed by atoms with Gasteiger partial charge in [-0.2, -0.15) is 13.2 Å². The lowest BCUT2D eigenvalue weighted by Gasteiger charge is -2.11. The molecule has 8 heteroatoms. The molecule has 2 rings (SSSR count). The summed E-state index contributed by atoms with van der Waals surface area (Å²) in [5.74, 6) is -1.91. The topological polar surface area (TPSA) is 47.8 Å². The van der Waals surface area contributed by atoms with E-state index >= 15 is 0 Å². The molecule has 1 aromatic heterocycles. The fraction of sp³-hybridized carbons (Fsp3) is 0.182. The van der Waals surface area contributed by atoms with E-state index in [9.17, 15) is 22.4 Å². The second kappa shape index (κ2) is 4.45. The molecule has 0 saturated heterocycles. The van der Waals surface area contributed by atoms with E-state index in [4.69, 9.17) is 0 Å². The molecule has 4 nitrogen and oxygen atoms in total. The van der Waals surface area contributed by atoms with Crippen LogP contribution >= 0.6 is 0 Å². The van der Waals surface area contributed by atoms with Crippen molar-refractivity contribution in [1.29, 1.82) is 0 Å². The molecular formula is C11H7F4N3O. The molecule has 1 aromatic carbocycles. The lowest BCUT2D eigenvalue weighted by molar-refractivity contribution is -0.137. The Bertz CT molecular complexity index is 633. The van der Waals surface area contributed by atoms with Crippen molar-refractivity contribution in [3.05, 3.63) is 47.0 Å². The Balaban J connectivity index is 2.59. The molecule has 100 valence electrons. The van der Waals surface area contributed by atoms with Crippen molar-refractivity contribution in [2.75, 3.05) is 0 Å². The molecule has 0 unspecified atom stereocenters. The van der Waals surface area contributed by atoms with Gasteiger partial charge in [-0.1, -0.05) is 5.21 Å². The Morgan fingerprint density at radius 2 is 2.00 bits per heavy atom. The van der Waals surface area contributed by atoms with Crippen LogP contribution in [0.1, 0.15) is 21.6 Å². The molecule has 0 aliphatic rings. The van der Waals surface area contributed by atoms with E-state index in [1.54, 1.807) is 0 Å². The summed E-state index contributed by atoms with van der Waals surface area (Å²) in [4.78, 5) is 12.0. The van der Waals surface area contributed by atoms with Gasteiger partial charge in [-0.05, 0) is 18.2 Å². The number of rotatable bonds is 2. The maximum atomic E-state index is 13.1. The molecule has 0 N–H and O–H groups in total. The molecule has 0 fully saturated rings. The van der Waals surface area contributed by atoms with E-state index in [1.807, 2.05) is 0 Å². The molecule has 0 saturated carbocycles. The first-order valence-electron chi connectivity index (χ1n) is 5.07. The van der Waals surface area contributed by atoms with Gasteiger partial charge in [0.15, 0.2) is 0 Å². The molecule has 2 aromatic rings. The average Bonchev–Trinajstić information content (AvgIpc) is 2.72. The van der Waals surface area contributed by atoms with Crippen molar-refractivity contribution < 1.29 is 22.4 Å². The largest absolute Gasteiger partial charge is 0.417 e. The number of ketones is 1. The molecule has 0 aliphatic carbocycles. The van der Waals surface area contributed by atoms with Crippen LogP contribution in [0.25, 0.3) is 0 Å². The van der Waals surface area contributed by atoms with Gasteiger partial charge < -0.3 is 0 Å². The number of hydrogen-bond donors (Lipinski definition) is 0. The van der Waals surface area contributed by atoms with Gasteiger partial charge in [0.2, 0.25) is 5.78 Å². The van der Waals surface area contributed by atoms with Crippen molar-refractivity contribution in [1.82, 2.24) is 15.0 Å². The fourth-order valence-electron chi connectivity index (χ4n) is 1.58. The second-order valence-electron chi connectivity index (χ2n) is 3.76. The van der Waals surface area contributed by atoms with E-state index in [0.717, 1.165) is 10.9 Å². The summed E-state index contributed by atoms with van der Waals surface area (Å²) in [5, 5.41) is 6.85. The quantitative estimate of drug-likeness (QED) is 0.622. The van der Waals surface area contributed by atoms with Crippen LogP contribution in [0.5, 0.6) is 0 Å². The van der Waals surface area contributed by atoms with Crippen LogP contribution in [-0.4, -0.2) is 20.8 Å². The predicted molar refractivity (Wildman–Crippen MR) is 55.8 cm³/mol. The van der Waals surface area contributed by atoms with Gasteiger partial charge in [0.25, 0.3) is 0 Å². The van der Waals surface area contributed by atoms with Crippen molar-refractivity contribution in [2.45, 2.75) is 6.18 Å². The van der Waals surface area contributed by atoms with Gasteiger partial charge in [0, 0.05) is 12.6 Å². The number of carbonyl (C=O) groups excluding carboxylic acids is 1. The number of aromatic nitrogens is 3. The van der Waals surface area contributed by atoms with E-state index in [0.29, 0.717) is 18.2 Å². The third kappa shape index (κ3) is 2.47. The molecule has 0 bridgehead atoms. The van der Waals surface area contributed by atoms with Crippen molar-refractivity contribution in [3.8, 4) is 0 Å². The highest BCUT2D eigenvalue weighted by Gasteiger charge is 2.36. The first-order valence-corrected chi connectivity index (χ1v) is 5.07. The van der Waals surface area contributed by atoms with Crippen molar-refractivity contribution in [2.24, 2.45) is 7.05 Å². The maximum Gasteiger partial charge on any atom is 0.417 e. The van der Waals surface area contributed by atoms with Gasteiger partial charge in [-0.15, -0.1) is 5.10 Å². The molecule has 0 spiro atoms. The lowest BCUT2D eigenvalue weighted by Crippen LogP contribution is -2.16. The van der Waals surface area contributed by atoms with Crippen LogP contribution in [0.3, 0.4) is 0 Å². The third-order valence-corrected chi connectivity index (χ3v) is 2.48. The van der Waals surface area contributed by atoms with Crippen molar-refractivity contribution in [3.63, 3.8) is 0 Å². The normalized spacial score (nSPS) is 11.6. The summed E-state index contributed by atoms with van der Waals surface area (Å²) in [6.45, 7) is 0. The lowest BCUT2D eigenvalue weighted by atomic mass is 10.0. The number of alkyl halides is 3. The van der Waals surface area contributed by atoms with Gasteiger partial charge in [0.1, 0.15) is 11.5 Å². The standard InChI is InChI=1S/C11H7F4N3O/c1-18-9(5-16-17-18)10(19)7-4-6(12)2-3-8(7)11(13,14)15/h2-5H,1H3. The van der Waals surface area contributed by atoms with Gasteiger partial charge in [0.05, 0.1) is 11.8 Å². The molecule has 1 heterocycles. The second-order valence-corrected chi connectivity index (χ2v) is 3.76. The number of carbonyl (C=O) groups is 1. The zero-order valence-corrected chi connectivity index (χ0v) is 9.57. The minimum atomic E-state index is -4.75. The molecule has 0 atom stereocenters. The fourth-order valence-corrected chi connectivity index (χ4v) is 1.58. The summed E-state index contributed by atoms with van der Waals surface area (Å²) in [7, 11) is 1.35. The minimum Gasteiger partial charge on any atom is -0.287 e. The Hall–Kier alpha value is -2.25. The minimum absolute atomic E-state index is 0.156. The summed E-state index contributed by atoms with van der Waals surface area (Å²) in [6, 6.07) is 1.74. The third-order valence-electron chi connectivity index (χ3n) is 2.48. The average molecular weight is 273 g/mol. The smallest absolute Gasteiger partial charge is 0.287 e. The SMILES string of the molecule is Cn1nncc1C(=O)c1cc(F)ccc1C(F)(F)F. The molecule has 0 aliphatic heterocycles. The Morgan fingerprint density at radius 3 is 2.53 bits per heavy atom. The first kappa shape index (κ1) is 13.2. The number of halogens is 4. The molecular weight excluding hydrogens is 266 g/mol. The Morgan fingerprint density at radius 1 is 1.32 bits per heavy atom. The van der Waals surface area contributed by atoms with Crippen molar-refractivity contribution >= 4 is 5.78 Å². The van der Waals surface area contributed by atoms with Gasteiger partial charge in [-0.3, -0.25) is 4.79 Å². The van der Waals surface area contributed by atoms with Gasteiger partial charge in [-0.25, -0.2) is 9.07 Å². The number of hydrogen-bond acceptors (Lipinski definition) is 3. The van der Waals surface area contributed by atoms with Crippen LogP contribution in [-0.2, 0) is 13.2 Å². The van der Waals surface area contributed by atoms with Crippen LogP contribution in [0, 0.1) is 5.82 Å². The molecule has 0 amide bonds. The van der Waals surface area contributed by atoms with E-state index in [-0.39, 0.29) is 5.69 Å². The summed E-state index contributed by atoms with van der Waals surface area (Å²) in [5.41, 5.74) is -2.12. The zero-order chi connectivity index (χ0) is 14.2. The van der Waals surface area contributed by atoms with E-state index in [1.165, 1.54) is 7.05 Å². The number of aryl methyl sites for hydroxylation is 1. The summed E-state index contributed by atoms with van der Waals surface area (Å²) < 4.78 is 52.4. The van der Waals surface area contributed by atoms with E-state index < -0.39 is 28.9 Å². The van der Waals surface area contributed by atoms with Crippen LogP contribution in [0.4, 0.5) is 17.6 Å². The van der Waals surface area contributed by atoms with Crippen LogP contribution in [0.15, 0.2) is 24.4 Å². The number of nitrogens with zero attached hydrogens (tertiary/aromatic N) is 3. The Labute approximate surface area is 104 Å². The number of benzene rings is 1. The van der Waals surface area contributed by atoms with Crippen LogP contribution < -0.4 is 0 Å². The Kier molecular flexibility index (Phi) is 3.09. The predicted octanol–water partition coefficient (Wildman–Crippen LogP) is 2.20. The summed E-state index contributed by atoms with van der Waals surface area (Å²) in [6.07, 6.45) is -3.72. The first-order chi connectivity index (χ1) is 8.80. The zero-order valence-electron chi connectivity index (χ0n) is 9.57. The van der Waals surface area contributed by atoms with E-state index in [2.05, 4.69) is 10.3 Å². The summed E-state index contributed by atoms with van der Waals surface area (Å²) >= 11 is 0. The highest BCUT2D eigenvalue weighted by molar-refractivity contribution is 6.08.